The second-order valence-electron chi connectivity index (χ2n) is 2.86. The summed E-state index contributed by atoms with van der Waals surface area (Å²) < 4.78 is 10.4. The topological polar surface area (TPSA) is 44.5 Å². The normalized spacial score (nSPS) is 11.4. The van der Waals surface area contributed by atoms with Crippen molar-refractivity contribution in [3.05, 3.63) is 23.8 Å². The summed E-state index contributed by atoms with van der Waals surface area (Å²) in [6.45, 7) is 1.90. The molecule has 14 heavy (non-hydrogen) atoms. The maximum atomic E-state index is 5.81. The number of rotatable bonds is 3. The van der Waals surface area contributed by atoms with Crippen molar-refractivity contribution < 1.29 is 9.47 Å². The summed E-state index contributed by atoms with van der Waals surface area (Å²) in [5.74, 6) is 1.55. The predicted molar refractivity (Wildman–Crippen MR) is 59.4 cm³/mol. The van der Waals surface area contributed by atoms with Crippen molar-refractivity contribution in [1.82, 2.24) is 0 Å². The van der Waals surface area contributed by atoms with Crippen LogP contribution in [0, 0.1) is 0 Å². The molecule has 1 rings (SSSR count). The summed E-state index contributed by atoms with van der Waals surface area (Å²) in [7, 11) is 3.25. The number of nitrogens with two attached hydrogens (primary N) is 1. The largest absolute Gasteiger partial charge is 0.496 e. The minimum Gasteiger partial charge on any atom is -0.496 e. The Balaban J connectivity index is 0.00000169. The van der Waals surface area contributed by atoms with Crippen LogP contribution < -0.4 is 15.2 Å². The molecule has 2 N–H and O–H groups in total. The molecular weight excluding hydrogens is 202 g/mol. The predicted octanol–water partition coefficient (Wildman–Crippen LogP) is 2.15. The second-order valence-corrected chi connectivity index (χ2v) is 2.86. The maximum Gasteiger partial charge on any atom is 0.127 e. The molecule has 3 nitrogen and oxygen atoms in total. The number of ether oxygens (including phenoxy) is 2. The Morgan fingerprint density at radius 2 is 1.57 bits per heavy atom. The fourth-order valence-corrected chi connectivity index (χ4v) is 1.33. The van der Waals surface area contributed by atoms with Crippen molar-refractivity contribution in [2.75, 3.05) is 14.2 Å². The van der Waals surface area contributed by atoms with Crippen molar-refractivity contribution in [2.45, 2.75) is 13.0 Å². The third kappa shape index (κ3) is 2.53. The van der Waals surface area contributed by atoms with Crippen LogP contribution >= 0.6 is 12.4 Å². The van der Waals surface area contributed by atoms with Gasteiger partial charge in [-0.3, -0.25) is 0 Å². The van der Waals surface area contributed by atoms with Crippen LogP contribution in [0.2, 0.25) is 0 Å². The van der Waals surface area contributed by atoms with Crippen LogP contribution in [-0.4, -0.2) is 14.2 Å². The van der Waals surface area contributed by atoms with Gasteiger partial charge in [0.05, 0.1) is 19.8 Å². The highest BCUT2D eigenvalue weighted by atomic mass is 35.5. The van der Waals surface area contributed by atoms with E-state index in [1.165, 1.54) is 0 Å². The van der Waals surface area contributed by atoms with Crippen LogP contribution in [0.25, 0.3) is 0 Å². The molecule has 0 aromatic heterocycles. The first-order chi connectivity index (χ1) is 6.20. The van der Waals surface area contributed by atoms with Crippen LogP contribution in [0.1, 0.15) is 18.5 Å². The van der Waals surface area contributed by atoms with Crippen LogP contribution in [0.5, 0.6) is 11.5 Å². The van der Waals surface area contributed by atoms with E-state index in [1.54, 1.807) is 14.2 Å². The van der Waals surface area contributed by atoms with Crippen molar-refractivity contribution in [3.8, 4) is 11.5 Å². The van der Waals surface area contributed by atoms with Gasteiger partial charge in [0.2, 0.25) is 0 Å². The quantitative estimate of drug-likeness (QED) is 0.844. The van der Waals surface area contributed by atoms with E-state index in [0.29, 0.717) is 0 Å². The minimum atomic E-state index is -0.0916. The number of benzene rings is 1. The molecule has 0 radical (unpaired) electrons. The van der Waals surface area contributed by atoms with Gasteiger partial charge in [0.15, 0.2) is 0 Å². The lowest BCUT2D eigenvalue weighted by Gasteiger charge is -2.15. The lowest BCUT2D eigenvalue weighted by Crippen LogP contribution is -2.08. The van der Waals surface area contributed by atoms with E-state index in [-0.39, 0.29) is 18.4 Å². The molecular formula is C10H16ClNO2. The molecule has 0 amide bonds. The van der Waals surface area contributed by atoms with Crippen LogP contribution in [0.15, 0.2) is 18.2 Å². The Kier molecular flexibility index (Phi) is 5.35. The van der Waals surface area contributed by atoms with Crippen molar-refractivity contribution in [1.29, 1.82) is 0 Å². The van der Waals surface area contributed by atoms with Gasteiger partial charge in [-0.1, -0.05) is 6.07 Å². The molecule has 0 fully saturated rings. The molecule has 1 aromatic rings. The third-order valence-corrected chi connectivity index (χ3v) is 1.92. The average molecular weight is 218 g/mol. The Morgan fingerprint density at radius 3 is 1.86 bits per heavy atom. The van der Waals surface area contributed by atoms with Crippen LogP contribution in [0.3, 0.4) is 0 Å². The van der Waals surface area contributed by atoms with Crippen LogP contribution in [0.4, 0.5) is 0 Å². The number of hydrogen-bond donors (Lipinski definition) is 1. The zero-order valence-corrected chi connectivity index (χ0v) is 9.43. The Labute approximate surface area is 90.6 Å². The summed E-state index contributed by atoms with van der Waals surface area (Å²) in [5.41, 5.74) is 6.72. The van der Waals surface area contributed by atoms with E-state index in [0.717, 1.165) is 17.1 Å². The standard InChI is InChI=1S/C10H15NO2.ClH/c1-7(11)10-8(12-2)5-4-6-9(10)13-3;/h4-7H,11H2,1-3H3;1H/t7-;/m1./s1. The zero-order valence-electron chi connectivity index (χ0n) is 8.61. The van der Waals surface area contributed by atoms with Crippen LogP contribution in [-0.2, 0) is 0 Å². The molecule has 0 aliphatic rings. The number of halogens is 1. The van der Waals surface area contributed by atoms with Gasteiger partial charge in [0.25, 0.3) is 0 Å². The Bertz CT molecular complexity index is 267. The zero-order chi connectivity index (χ0) is 9.84. The molecule has 0 aliphatic heterocycles. The van der Waals surface area contributed by atoms with E-state index in [4.69, 9.17) is 15.2 Å². The minimum absolute atomic E-state index is 0. The highest BCUT2D eigenvalue weighted by Gasteiger charge is 2.12. The number of methoxy groups -OCH3 is 2. The van der Waals surface area contributed by atoms with Crippen molar-refractivity contribution in [2.24, 2.45) is 5.73 Å². The molecule has 1 aromatic carbocycles. The van der Waals surface area contributed by atoms with Gasteiger partial charge in [-0.2, -0.15) is 0 Å². The van der Waals surface area contributed by atoms with Gasteiger partial charge in [0, 0.05) is 6.04 Å². The van der Waals surface area contributed by atoms with E-state index in [9.17, 15) is 0 Å². The SMILES string of the molecule is COc1cccc(OC)c1[C@@H](C)N.Cl. The monoisotopic (exact) mass is 217 g/mol. The summed E-state index contributed by atoms with van der Waals surface area (Å²) in [6, 6.07) is 5.54. The molecule has 0 spiro atoms. The summed E-state index contributed by atoms with van der Waals surface area (Å²) in [5, 5.41) is 0. The molecule has 0 saturated carbocycles. The molecule has 0 heterocycles. The third-order valence-electron chi connectivity index (χ3n) is 1.92. The first-order valence-corrected chi connectivity index (χ1v) is 4.17. The lowest BCUT2D eigenvalue weighted by molar-refractivity contribution is 0.381. The smallest absolute Gasteiger partial charge is 0.127 e. The molecule has 0 unspecified atom stereocenters. The highest BCUT2D eigenvalue weighted by Crippen LogP contribution is 2.32. The van der Waals surface area contributed by atoms with Gasteiger partial charge < -0.3 is 15.2 Å². The van der Waals surface area contributed by atoms with E-state index >= 15 is 0 Å². The fraction of sp³-hybridized carbons (Fsp3) is 0.400. The maximum absolute atomic E-state index is 5.81. The average Bonchev–Trinajstić information content (AvgIpc) is 2.16. The first-order valence-electron chi connectivity index (χ1n) is 4.17. The first kappa shape index (κ1) is 13.1. The van der Waals surface area contributed by atoms with Gasteiger partial charge >= 0.3 is 0 Å². The fourth-order valence-electron chi connectivity index (χ4n) is 1.33. The molecule has 4 heteroatoms. The summed E-state index contributed by atoms with van der Waals surface area (Å²) in [4.78, 5) is 0. The highest BCUT2D eigenvalue weighted by molar-refractivity contribution is 5.85. The molecule has 0 saturated heterocycles. The van der Waals surface area contributed by atoms with E-state index < -0.39 is 0 Å². The van der Waals surface area contributed by atoms with E-state index in [2.05, 4.69) is 0 Å². The van der Waals surface area contributed by atoms with Gasteiger partial charge in [-0.05, 0) is 19.1 Å². The number of hydrogen-bond acceptors (Lipinski definition) is 3. The Hall–Kier alpha value is -0.930. The molecule has 80 valence electrons. The second kappa shape index (κ2) is 5.73. The van der Waals surface area contributed by atoms with Gasteiger partial charge in [-0.15, -0.1) is 12.4 Å². The Morgan fingerprint density at radius 1 is 1.14 bits per heavy atom. The van der Waals surface area contributed by atoms with E-state index in [1.807, 2.05) is 25.1 Å². The molecule has 0 bridgehead atoms. The summed E-state index contributed by atoms with van der Waals surface area (Å²) in [6.07, 6.45) is 0. The van der Waals surface area contributed by atoms with Gasteiger partial charge in [-0.25, -0.2) is 0 Å². The molecule has 0 aliphatic carbocycles. The lowest BCUT2D eigenvalue weighted by atomic mass is 10.1. The molecule has 1 atom stereocenters. The van der Waals surface area contributed by atoms with Crippen molar-refractivity contribution >= 4 is 12.4 Å². The van der Waals surface area contributed by atoms with Crippen molar-refractivity contribution in [3.63, 3.8) is 0 Å². The van der Waals surface area contributed by atoms with Gasteiger partial charge in [0.1, 0.15) is 11.5 Å². The summed E-state index contributed by atoms with van der Waals surface area (Å²) >= 11 is 0.